The third-order valence-electron chi connectivity index (χ3n) is 2.58. The van der Waals surface area contributed by atoms with E-state index in [1.54, 1.807) is 0 Å². The summed E-state index contributed by atoms with van der Waals surface area (Å²) in [7, 11) is 0. The van der Waals surface area contributed by atoms with E-state index < -0.39 is 0 Å². The molecule has 1 nitrogen and oxygen atoms in total. The van der Waals surface area contributed by atoms with Crippen LogP contribution in [0.3, 0.4) is 0 Å². The summed E-state index contributed by atoms with van der Waals surface area (Å²) in [4.78, 5) is 0. The SMILES string of the molecule is CC1=CCC(c2ccccc2CO)=C1. The largest absolute Gasteiger partial charge is 0.392 e. The van der Waals surface area contributed by atoms with Crippen LogP contribution in [0.5, 0.6) is 0 Å². The van der Waals surface area contributed by atoms with Crippen LogP contribution < -0.4 is 0 Å². The molecule has 1 aromatic rings. The molecule has 1 aromatic carbocycles. The molecule has 14 heavy (non-hydrogen) atoms. The number of hydrogen-bond acceptors (Lipinski definition) is 1. The predicted octanol–water partition coefficient (Wildman–Crippen LogP) is 2.91. The summed E-state index contributed by atoms with van der Waals surface area (Å²) in [5.74, 6) is 0. The Labute approximate surface area is 84.4 Å². The van der Waals surface area contributed by atoms with Crippen LogP contribution in [-0.2, 0) is 6.61 Å². The Morgan fingerprint density at radius 3 is 2.71 bits per heavy atom. The molecule has 1 N–H and O–H groups in total. The van der Waals surface area contributed by atoms with Gasteiger partial charge in [-0.3, -0.25) is 0 Å². The highest BCUT2D eigenvalue weighted by atomic mass is 16.3. The zero-order valence-electron chi connectivity index (χ0n) is 8.33. The molecule has 72 valence electrons. The molecule has 0 atom stereocenters. The standard InChI is InChI=1S/C13H14O/c1-10-6-7-11(8-10)13-5-3-2-4-12(13)9-14/h2-6,8,14H,7,9H2,1H3. The summed E-state index contributed by atoms with van der Waals surface area (Å²) in [5.41, 5.74) is 4.82. The third-order valence-corrected chi connectivity index (χ3v) is 2.58. The first-order valence-electron chi connectivity index (χ1n) is 4.87. The third kappa shape index (κ3) is 1.64. The summed E-state index contributed by atoms with van der Waals surface area (Å²) < 4.78 is 0. The van der Waals surface area contributed by atoms with Crippen LogP contribution in [0, 0.1) is 0 Å². The fourth-order valence-electron chi connectivity index (χ4n) is 1.82. The van der Waals surface area contributed by atoms with E-state index >= 15 is 0 Å². The summed E-state index contributed by atoms with van der Waals surface area (Å²) in [6.07, 6.45) is 5.39. The number of aliphatic hydroxyl groups excluding tert-OH is 1. The molecule has 0 radical (unpaired) electrons. The number of rotatable bonds is 2. The van der Waals surface area contributed by atoms with Gasteiger partial charge in [0.25, 0.3) is 0 Å². The van der Waals surface area contributed by atoms with E-state index in [4.69, 9.17) is 0 Å². The summed E-state index contributed by atoms with van der Waals surface area (Å²) in [5, 5.41) is 9.20. The Morgan fingerprint density at radius 2 is 2.07 bits per heavy atom. The van der Waals surface area contributed by atoms with Gasteiger partial charge in [0.1, 0.15) is 0 Å². The van der Waals surface area contributed by atoms with Gasteiger partial charge >= 0.3 is 0 Å². The van der Waals surface area contributed by atoms with Gasteiger partial charge in [0.15, 0.2) is 0 Å². The lowest BCUT2D eigenvalue weighted by atomic mass is 9.99. The normalized spacial score (nSPS) is 15.3. The average molecular weight is 186 g/mol. The van der Waals surface area contributed by atoms with E-state index in [1.165, 1.54) is 16.7 Å². The predicted molar refractivity (Wildman–Crippen MR) is 58.7 cm³/mol. The van der Waals surface area contributed by atoms with Crippen LogP contribution in [0.2, 0.25) is 0 Å². The van der Waals surface area contributed by atoms with Crippen molar-refractivity contribution in [2.45, 2.75) is 20.0 Å². The molecule has 0 heterocycles. The highest BCUT2D eigenvalue weighted by Gasteiger charge is 2.09. The number of hydrogen-bond donors (Lipinski definition) is 1. The molecule has 0 saturated carbocycles. The molecule has 0 bridgehead atoms. The summed E-state index contributed by atoms with van der Waals surface area (Å²) in [6.45, 7) is 2.22. The number of allylic oxidation sites excluding steroid dienone is 4. The van der Waals surface area contributed by atoms with Crippen molar-refractivity contribution < 1.29 is 5.11 Å². The minimum absolute atomic E-state index is 0.118. The maximum atomic E-state index is 9.20. The number of benzene rings is 1. The van der Waals surface area contributed by atoms with Crippen molar-refractivity contribution in [2.24, 2.45) is 0 Å². The highest BCUT2D eigenvalue weighted by Crippen LogP contribution is 2.28. The Kier molecular flexibility index (Phi) is 2.51. The van der Waals surface area contributed by atoms with Gasteiger partial charge in [-0.1, -0.05) is 42.0 Å². The fourth-order valence-corrected chi connectivity index (χ4v) is 1.82. The van der Waals surface area contributed by atoms with Crippen molar-refractivity contribution in [3.05, 3.63) is 53.1 Å². The van der Waals surface area contributed by atoms with E-state index in [9.17, 15) is 5.11 Å². The summed E-state index contributed by atoms with van der Waals surface area (Å²) >= 11 is 0. The maximum Gasteiger partial charge on any atom is 0.0687 e. The van der Waals surface area contributed by atoms with Crippen LogP contribution >= 0.6 is 0 Å². The van der Waals surface area contributed by atoms with Gasteiger partial charge in [-0.05, 0) is 30.0 Å². The van der Waals surface area contributed by atoms with Gasteiger partial charge in [-0.2, -0.15) is 0 Å². The fraction of sp³-hybridized carbons (Fsp3) is 0.231. The quantitative estimate of drug-likeness (QED) is 0.753. The average Bonchev–Trinajstić information content (AvgIpc) is 2.65. The number of aliphatic hydroxyl groups is 1. The second kappa shape index (κ2) is 3.81. The van der Waals surface area contributed by atoms with Crippen LogP contribution in [0.1, 0.15) is 24.5 Å². The van der Waals surface area contributed by atoms with E-state index in [0.717, 1.165) is 12.0 Å². The molecule has 0 unspecified atom stereocenters. The highest BCUT2D eigenvalue weighted by molar-refractivity contribution is 5.74. The van der Waals surface area contributed by atoms with Crippen molar-refractivity contribution in [3.63, 3.8) is 0 Å². The molecule has 0 spiro atoms. The van der Waals surface area contributed by atoms with Crippen LogP contribution in [-0.4, -0.2) is 5.11 Å². The zero-order chi connectivity index (χ0) is 9.97. The topological polar surface area (TPSA) is 20.2 Å². The minimum Gasteiger partial charge on any atom is -0.392 e. The molecule has 0 aromatic heterocycles. The molecular formula is C13H14O. The Morgan fingerprint density at radius 1 is 1.29 bits per heavy atom. The van der Waals surface area contributed by atoms with Crippen molar-refractivity contribution in [1.82, 2.24) is 0 Å². The molecular weight excluding hydrogens is 172 g/mol. The van der Waals surface area contributed by atoms with Gasteiger partial charge in [0, 0.05) is 0 Å². The first-order chi connectivity index (χ1) is 6.81. The molecule has 0 amide bonds. The lowest BCUT2D eigenvalue weighted by Crippen LogP contribution is -1.91. The molecule has 0 aliphatic heterocycles. The van der Waals surface area contributed by atoms with Crippen LogP contribution in [0.4, 0.5) is 0 Å². The van der Waals surface area contributed by atoms with Crippen molar-refractivity contribution in [3.8, 4) is 0 Å². The maximum absolute atomic E-state index is 9.20. The second-order valence-corrected chi connectivity index (χ2v) is 3.64. The van der Waals surface area contributed by atoms with Crippen molar-refractivity contribution in [2.75, 3.05) is 0 Å². The molecule has 0 saturated heterocycles. The zero-order valence-corrected chi connectivity index (χ0v) is 8.33. The molecule has 0 fully saturated rings. The van der Waals surface area contributed by atoms with Gasteiger partial charge in [-0.15, -0.1) is 0 Å². The van der Waals surface area contributed by atoms with E-state index in [1.807, 2.05) is 18.2 Å². The van der Waals surface area contributed by atoms with Crippen LogP contribution in [0.15, 0.2) is 42.0 Å². The smallest absolute Gasteiger partial charge is 0.0687 e. The first-order valence-corrected chi connectivity index (χ1v) is 4.87. The molecule has 1 heteroatoms. The van der Waals surface area contributed by atoms with Crippen molar-refractivity contribution in [1.29, 1.82) is 0 Å². The van der Waals surface area contributed by atoms with Gasteiger partial charge in [0.05, 0.1) is 6.61 Å². The molecule has 2 rings (SSSR count). The first kappa shape index (κ1) is 9.22. The second-order valence-electron chi connectivity index (χ2n) is 3.64. The lowest BCUT2D eigenvalue weighted by Gasteiger charge is -2.07. The van der Waals surface area contributed by atoms with Gasteiger partial charge in [-0.25, -0.2) is 0 Å². The van der Waals surface area contributed by atoms with E-state index in [0.29, 0.717) is 0 Å². The van der Waals surface area contributed by atoms with E-state index in [2.05, 4.69) is 25.1 Å². The Hall–Kier alpha value is -1.34. The minimum atomic E-state index is 0.118. The lowest BCUT2D eigenvalue weighted by molar-refractivity contribution is 0.281. The Balaban J connectivity index is 2.38. The van der Waals surface area contributed by atoms with E-state index in [-0.39, 0.29) is 6.61 Å². The Bertz CT molecular complexity index is 399. The van der Waals surface area contributed by atoms with Gasteiger partial charge in [0.2, 0.25) is 0 Å². The molecule has 1 aliphatic carbocycles. The van der Waals surface area contributed by atoms with Crippen molar-refractivity contribution >= 4 is 5.57 Å². The molecule has 1 aliphatic rings. The van der Waals surface area contributed by atoms with Gasteiger partial charge < -0.3 is 5.11 Å². The monoisotopic (exact) mass is 186 g/mol. The summed E-state index contributed by atoms with van der Waals surface area (Å²) in [6, 6.07) is 8.03. The van der Waals surface area contributed by atoms with Crippen LogP contribution in [0.25, 0.3) is 5.57 Å².